The molecule has 15 heavy (non-hydrogen) atoms. The third-order valence-corrected chi connectivity index (χ3v) is 3.35. The quantitative estimate of drug-likeness (QED) is 0.651. The van der Waals surface area contributed by atoms with E-state index in [1.807, 2.05) is 21.7 Å². The summed E-state index contributed by atoms with van der Waals surface area (Å²) in [5, 5.41) is 0. The molecule has 0 N–H and O–H groups in total. The summed E-state index contributed by atoms with van der Waals surface area (Å²) in [5.74, 6) is 0.504. The van der Waals surface area contributed by atoms with Crippen molar-refractivity contribution in [1.82, 2.24) is 0 Å². The van der Waals surface area contributed by atoms with Crippen LogP contribution in [0.1, 0.15) is 36.1 Å². The van der Waals surface area contributed by atoms with Gasteiger partial charge in [0.05, 0.1) is 0 Å². The molecule has 0 nitrogen and oxygen atoms in total. The van der Waals surface area contributed by atoms with Gasteiger partial charge in [0.25, 0.3) is 0 Å². The highest BCUT2D eigenvalue weighted by molar-refractivity contribution is 6.33. The van der Waals surface area contributed by atoms with Crippen LogP contribution >= 0.6 is 0 Å². The van der Waals surface area contributed by atoms with Gasteiger partial charge in [0, 0.05) is 0 Å². The molecule has 0 aliphatic carbocycles. The van der Waals surface area contributed by atoms with E-state index in [4.69, 9.17) is 0 Å². The molecule has 0 saturated carbocycles. The molecule has 0 spiro atoms. The summed E-state index contributed by atoms with van der Waals surface area (Å²) in [6.45, 7) is 10.4. The van der Waals surface area contributed by atoms with E-state index in [9.17, 15) is 4.39 Å². The van der Waals surface area contributed by atoms with E-state index in [-0.39, 0.29) is 5.82 Å². The molecule has 0 unspecified atom stereocenters. The molecule has 1 rings (SSSR count). The van der Waals surface area contributed by atoms with Crippen molar-refractivity contribution in [2.75, 3.05) is 0 Å². The fourth-order valence-corrected chi connectivity index (χ4v) is 2.00. The van der Waals surface area contributed by atoms with Crippen LogP contribution in [0.5, 0.6) is 0 Å². The zero-order valence-electron chi connectivity index (χ0n) is 10.7. The van der Waals surface area contributed by atoms with Gasteiger partial charge in [-0.3, -0.25) is 0 Å². The molecule has 0 aliphatic heterocycles. The highest BCUT2D eigenvalue weighted by atomic mass is 19.1. The summed E-state index contributed by atoms with van der Waals surface area (Å²) in [7, 11) is 1.88. The van der Waals surface area contributed by atoms with Crippen molar-refractivity contribution in [3.63, 3.8) is 0 Å². The van der Waals surface area contributed by atoms with E-state index in [1.54, 1.807) is 0 Å². The molecule has 0 atom stereocenters. The highest BCUT2D eigenvalue weighted by Crippen LogP contribution is 2.21. The largest absolute Gasteiger partial charge is 0.207 e. The van der Waals surface area contributed by atoms with Gasteiger partial charge in [-0.05, 0) is 49.8 Å². The topological polar surface area (TPSA) is 0 Å². The maximum absolute atomic E-state index is 14.1. The first-order chi connectivity index (χ1) is 6.86. The summed E-state index contributed by atoms with van der Waals surface area (Å²) in [6.07, 6.45) is 0.833. The number of benzene rings is 1. The first-order valence-electron chi connectivity index (χ1n) is 5.61. The first kappa shape index (κ1) is 12.3. The zero-order valence-corrected chi connectivity index (χ0v) is 10.7. The van der Waals surface area contributed by atoms with E-state index in [1.165, 1.54) is 5.56 Å². The number of hydrogen-bond acceptors (Lipinski definition) is 0. The van der Waals surface area contributed by atoms with Gasteiger partial charge in [-0.25, -0.2) is 4.39 Å². The third-order valence-electron chi connectivity index (χ3n) is 3.35. The van der Waals surface area contributed by atoms with Crippen LogP contribution in [0.2, 0.25) is 0 Å². The predicted octanol–water partition coefficient (Wildman–Crippen LogP) is 2.21. The lowest BCUT2D eigenvalue weighted by atomic mass is 9.82. The molecule has 1 aromatic carbocycles. The fraction of sp³-hybridized carbons (Fsp3) is 0.538. The molecule has 82 valence electrons. The van der Waals surface area contributed by atoms with Crippen LogP contribution < -0.4 is 5.46 Å². The summed E-state index contributed by atoms with van der Waals surface area (Å²) in [5.41, 5.74) is 5.19. The molecular weight excluding hydrogens is 186 g/mol. The average Bonchev–Trinajstić information content (AvgIpc) is 2.18. The highest BCUT2D eigenvalue weighted by Gasteiger charge is 2.15. The van der Waals surface area contributed by atoms with Gasteiger partial charge in [-0.1, -0.05) is 24.9 Å². The predicted molar refractivity (Wildman–Crippen MR) is 67.3 cm³/mol. The standard InChI is InChI=1S/C13H20BF/c1-7(2)6-11-9(4)8(3)10(5)12(14)13(11)15/h7H,6,14H2,1-5H3. The van der Waals surface area contributed by atoms with Gasteiger partial charge < -0.3 is 0 Å². The Balaban J connectivity index is 3.39. The van der Waals surface area contributed by atoms with Crippen LogP contribution in [0, 0.1) is 32.5 Å². The molecule has 0 bridgehead atoms. The van der Waals surface area contributed by atoms with Gasteiger partial charge in [-0.15, -0.1) is 0 Å². The average molecular weight is 206 g/mol. The van der Waals surface area contributed by atoms with Gasteiger partial charge in [0.1, 0.15) is 13.7 Å². The minimum Gasteiger partial charge on any atom is -0.207 e. The number of rotatable bonds is 2. The minimum atomic E-state index is 0.00398. The Bertz CT molecular complexity index is 352. The summed E-state index contributed by atoms with van der Waals surface area (Å²) < 4.78 is 14.1. The molecule has 0 amide bonds. The number of halogens is 1. The SMILES string of the molecule is Bc1c(C)c(C)c(C)c(CC(C)C)c1F. The normalized spacial score (nSPS) is 11.1. The maximum atomic E-state index is 14.1. The van der Waals surface area contributed by atoms with E-state index in [0.29, 0.717) is 5.92 Å². The summed E-state index contributed by atoms with van der Waals surface area (Å²) >= 11 is 0. The number of hydrogen-bond donors (Lipinski definition) is 0. The molecule has 0 saturated heterocycles. The lowest BCUT2D eigenvalue weighted by Crippen LogP contribution is -2.20. The molecule has 1 aromatic rings. The zero-order chi connectivity index (χ0) is 11.7. The third kappa shape index (κ3) is 2.24. The van der Waals surface area contributed by atoms with Crippen LogP contribution in [0.25, 0.3) is 0 Å². The Labute approximate surface area is 93.3 Å². The second kappa shape index (κ2) is 4.38. The van der Waals surface area contributed by atoms with Crippen molar-refractivity contribution in [1.29, 1.82) is 0 Å². The van der Waals surface area contributed by atoms with Crippen molar-refractivity contribution < 1.29 is 4.39 Å². The molecule has 0 fully saturated rings. The van der Waals surface area contributed by atoms with Gasteiger partial charge in [0.15, 0.2) is 0 Å². The summed E-state index contributed by atoms with van der Waals surface area (Å²) in [4.78, 5) is 0. The lowest BCUT2D eigenvalue weighted by molar-refractivity contribution is 0.575. The maximum Gasteiger partial charge on any atom is 0.143 e. The Hall–Kier alpha value is -0.785. The van der Waals surface area contributed by atoms with Crippen molar-refractivity contribution >= 4 is 13.3 Å². The molecule has 0 heterocycles. The van der Waals surface area contributed by atoms with Crippen molar-refractivity contribution in [2.24, 2.45) is 5.92 Å². The van der Waals surface area contributed by atoms with Crippen molar-refractivity contribution in [3.05, 3.63) is 28.1 Å². The van der Waals surface area contributed by atoms with Crippen molar-refractivity contribution in [3.8, 4) is 0 Å². The van der Waals surface area contributed by atoms with Crippen LogP contribution in [0.4, 0.5) is 4.39 Å². The molecule has 0 aliphatic rings. The summed E-state index contributed by atoms with van der Waals surface area (Å²) in [6, 6.07) is 0. The second-order valence-electron chi connectivity index (χ2n) is 4.89. The van der Waals surface area contributed by atoms with E-state index < -0.39 is 0 Å². The van der Waals surface area contributed by atoms with Crippen LogP contribution in [-0.2, 0) is 6.42 Å². The first-order valence-corrected chi connectivity index (χ1v) is 5.61. The van der Waals surface area contributed by atoms with Crippen molar-refractivity contribution in [2.45, 2.75) is 41.0 Å². The fourth-order valence-electron chi connectivity index (χ4n) is 2.00. The Morgan fingerprint density at radius 2 is 1.60 bits per heavy atom. The van der Waals surface area contributed by atoms with Gasteiger partial charge >= 0.3 is 0 Å². The molecule has 2 heteroatoms. The molecule has 0 radical (unpaired) electrons. The Morgan fingerprint density at radius 1 is 1.07 bits per heavy atom. The smallest absolute Gasteiger partial charge is 0.143 e. The Kier molecular flexibility index (Phi) is 3.59. The van der Waals surface area contributed by atoms with Gasteiger partial charge in [0.2, 0.25) is 0 Å². The van der Waals surface area contributed by atoms with E-state index >= 15 is 0 Å². The lowest BCUT2D eigenvalue weighted by Gasteiger charge is -2.17. The van der Waals surface area contributed by atoms with Crippen LogP contribution in [0.3, 0.4) is 0 Å². The monoisotopic (exact) mass is 206 g/mol. The van der Waals surface area contributed by atoms with Crippen LogP contribution in [-0.4, -0.2) is 7.85 Å². The molecular formula is C13H20BF. The van der Waals surface area contributed by atoms with E-state index in [2.05, 4.69) is 20.8 Å². The molecule has 0 aromatic heterocycles. The van der Waals surface area contributed by atoms with Crippen LogP contribution in [0.15, 0.2) is 0 Å². The Morgan fingerprint density at radius 3 is 2.07 bits per heavy atom. The minimum absolute atomic E-state index is 0.00398. The second-order valence-corrected chi connectivity index (χ2v) is 4.89. The van der Waals surface area contributed by atoms with E-state index in [0.717, 1.165) is 28.6 Å². The van der Waals surface area contributed by atoms with Gasteiger partial charge in [-0.2, -0.15) is 0 Å².